The molecule has 0 atom stereocenters. The fraction of sp³-hybridized carbons (Fsp3) is 0.308. The van der Waals surface area contributed by atoms with E-state index in [1.54, 1.807) is 17.6 Å². The molecule has 2 aromatic rings. The van der Waals surface area contributed by atoms with E-state index in [2.05, 4.69) is 24.3 Å². The molecule has 0 saturated heterocycles. The summed E-state index contributed by atoms with van der Waals surface area (Å²) in [5, 5.41) is 16.6. The van der Waals surface area contributed by atoms with Gasteiger partial charge in [0.15, 0.2) is 0 Å². The number of nitrogens with one attached hydrogen (secondary N) is 1. The maximum Gasteiger partial charge on any atom is 0.327 e. The molecule has 31 heavy (non-hydrogen) atoms. The first kappa shape index (κ1) is 25.9. The van der Waals surface area contributed by atoms with Crippen LogP contribution in [0.25, 0.3) is 0 Å². The summed E-state index contributed by atoms with van der Waals surface area (Å²) in [5.41, 5.74) is 4.25. The van der Waals surface area contributed by atoms with Gasteiger partial charge in [-0.2, -0.15) is 0 Å². The summed E-state index contributed by atoms with van der Waals surface area (Å²) in [5.74, 6) is -1.33. The maximum absolute atomic E-state index is 10.6. The standard InChI is InChI=1S/C13H17NO2.C13H16O2/c15-13(14-16)11-7-2-1-4-8-12-9-5-3-6-10-12;14-13(15)11-7-2-1-4-8-12-9-5-3-6-10-12/h3,5-7,9-11,16H,1-2,4,8H2,(H,14,15);3,5-7,9-11H,1-2,4,8H2,(H,14,15). The lowest BCUT2D eigenvalue weighted by Crippen LogP contribution is -2.14. The summed E-state index contributed by atoms with van der Waals surface area (Å²) < 4.78 is 0. The molecule has 2 rings (SSSR count). The Morgan fingerprint density at radius 1 is 0.710 bits per heavy atom. The van der Waals surface area contributed by atoms with E-state index < -0.39 is 11.9 Å². The van der Waals surface area contributed by atoms with Crippen molar-refractivity contribution in [2.45, 2.75) is 51.4 Å². The van der Waals surface area contributed by atoms with Crippen molar-refractivity contribution in [2.75, 3.05) is 0 Å². The minimum atomic E-state index is -0.863. The van der Waals surface area contributed by atoms with E-state index in [4.69, 9.17) is 10.3 Å². The molecule has 0 spiro atoms. The summed E-state index contributed by atoms with van der Waals surface area (Å²) >= 11 is 0. The predicted octanol–water partition coefficient (Wildman–Crippen LogP) is 5.50. The van der Waals surface area contributed by atoms with Crippen LogP contribution in [0.1, 0.15) is 49.7 Å². The second-order valence-electron chi connectivity index (χ2n) is 7.08. The van der Waals surface area contributed by atoms with Crippen molar-refractivity contribution >= 4 is 11.9 Å². The van der Waals surface area contributed by atoms with Crippen LogP contribution in [-0.4, -0.2) is 22.2 Å². The number of benzene rings is 2. The number of hydrogen-bond acceptors (Lipinski definition) is 3. The number of aliphatic carboxylic acids is 1. The largest absolute Gasteiger partial charge is 0.478 e. The summed E-state index contributed by atoms with van der Waals surface area (Å²) in [6.07, 6.45) is 14.2. The number of hydroxylamine groups is 1. The molecule has 0 bridgehead atoms. The van der Waals surface area contributed by atoms with E-state index in [0.29, 0.717) is 0 Å². The van der Waals surface area contributed by atoms with E-state index >= 15 is 0 Å². The van der Waals surface area contributed by atoms with E-state index in [9.17, 15) is 9.59 Å². The highest BCUT2D eigenvalue weighted by Gasteiger charge is 1.93. The summed E-state index contributed by atoms with van der Waals surface area (Å²) in [7, 11) is 0. The number of carboxylic acids is 1. The molecule has 0 aliphatic heterocycles. The zero-order chi connectivity index (χ0) is 22.6. The third-order valence-electron chi connectivity index (χ3n) is 4.50. The van der Waals surface area contributed by atoms with Crippen molar-refractivity contribution in [1.82, 2.24) is 5.48 Å². The van der Waals surface area contributed by atoms with Gasteiger partial charge >= 0.3 is 5.97 Å². The van der Waals surface area contributed by atoms with Gasteiger partial charge in [-0.25, -0.2) is 10.3 Å². The smallest absolute Gasteiger partial charge is 0.327 e. The predicted molar refractivity (Wildman–Crippen MR) is 124 cm³/mol. The number of carbonyl (C=O) groups is 2. The van der Waals surface area contributed by atoms with Crippen LogP contribution in [0.4, 0.5) is 0 Å². The normalized spacial score (nSPS) is 10.6. The van der Waals surface area contributed by atoms with Crippen LogP contribution in [0.15, 0.2) is 85.0 Å². The van der Waals surface area contributed by atoms with Gasteiger partial charge in [-0.15, -0.1) is 0 Å². The first-order chi connectivity index (χ1) is 15.1. The van der Waals surface area contributed by atoms with Crippen molar-refractivity contribution < 1.29 is 19.9 Å². The Labute approximate surface area is 185 Å². The van der Waals surface area contributed by atoms with Crippen molar-refractivity contribution in [3.05, 3.63) is 96.1 Å². The number of aryl methyl sites for hydroxylation is 2. The number of rotatable bonds is 12. The number of amides is 1. The van der Waals surface area contributed by atoms with Crippen molar-refractivity contribution in [2.24, 2.45) is 0 Å². The molecule has 0 fully saturated rings. The fourth-order valence-corrected chi connectivity index (χ4v) is 2.88. The van der Waals surface area contributed by atoms with Crippen LogP contribution in [0.2, 0.25) is 0 Å². The van der Waals surface area contributed by atoms with Crippen LogP contribution in [0.5, 0.6) is 0 Å². The first-order valence-electron chi connectivity index (χ1n) is 10.7. The zero-order valence-electron chi connectivity index (χ0n) is 18.0. The van der Waals surface area contributed by atoms with Gasteiger partial charge in [0, 0.05) is 12.2 Å². The Morgan fingerprint density at radius 3 is 1.58 bits per heavy atom. The molecule has 0 saturated carbocycles. The summed E-state index contributed by atoms with van der Waals surface area (Å²) in [6.45, 7) is 0. The number of carboxylic acid groups (broad SMARTS) is 1. The Bertz CT molecular complexity index is 786. The number of unbranched alkanes of at least 4 members (excludes halogenated alkanes) is 4. The summed E-state index contributed by atoms with van der Waals surface area (Å²) in [4.78, 5) is 20.8. The van der Waals surface area contributed by atoms with Crippen LogP contribution in [-0.2, 0) is 22.4 Å². The number of hydrogen-bond donors (Lipinski definition) is 3. The highest BCUT2D eigenvalue weighted by molar-refractivity contribution is 5.86. The molecule has 0 heterocycles. The Kier molecular flexibility index (Phi) is 14.7. The average molecular weight is 424 g/mol. The molecule has 0 aromatic heterocycles. The van der Waals surface area contributed by atoms with Gasteiger partial charge in [0.1, 0.15) is 0 Å². The minimum absolute atomic E-state index is 0.469. The van der Waals surface area contributed by atoms with Gasteiger partial charge in [0.25, 0.3) is 5.91 Å². The van der Waals surface area contributed by atoms with E-state index in [0.717, 1.165) is 51.4 Å². The average Bonchev–Trinajstić information content (AvgIpc) is 2.80. The second kappa shape index (κ2) is 17.7. The molecule has 0 unspecified atom stereocenters. The van der Waals surface area contributed by atoms with Crippen LogP contribution < -0.4 is 5.48 Å². The molecule has 5 nitrogen and oxygen atoms in total. The number of allylic oxidation sites excluding steroid dienone is 2. The quantitative estimate of drug-likeness (QED) is 0.182. The maximum atomic E-state index is 10.6. The lowest BCUT2D eigenvalue weighted by Gasteiger charge is -1.99. The lowest BCUT2D eigenvalue weighted by atomic mass is 10.1. The highest BCUT2D eigenvalue weighted by atomic mass is 16.5. The molecule has 1 amide bonds. The van der Waals surface area contributed by atoms with Crippen molar-refractivity contribution in [3.63, 3.8) is 0 Å². The third-order valence-corrected chi connectivity index (χ3v) is 4.50. The number of carbonyl (C=O) groups excluding carboxylic acids is 1. The second-order valence-corrected chi connectivity index (χ2v) is 7.08. The first-order valence-corrected chi connectivity index (χ1v) is 10.7. The van der Waals surface area contributed by atoms with Gasteiger partial charge in [-0.05, 0) is 62.5 Å². The molecule has 2 aromatic carbocycles. The Morgan fingerprint density at radius 2 is 1.16 bits per heavy atom. The highest BCUT2D eigenvalue weighted by Crippen LogP contribution is 2.07. The molecule has 0 aliphatic rings. The molecule has 5 heteroatoms. The molecule has 0 radical (unpaired) electrons. The van der Waals surface area contributed by atoms with E-state index in [1.165, 1.54) is 23.3 Å². The topological polar surface area (TPSA) is 86.6 Å². The minimum Gasteiger partial charge on any atom is -0.478 e. The fourth-order valence-electron chi connectivity index (χ4n) is 2.88. The van der Waals surface area contributed by atoms with Gasteiger partial charge in [0.2, 0.25) is 0 Å². The lowest BCUT2D eigenvalue weighted by molar-refractivity contribution is -0.131. The summed E-state index contributed by atoms with van der Waals surface area (Å²) in [6, 6.07) is 20.7. The SMILES string of the molecule is O=C(C=CCCCCc1ccccc1)NO.O=C(O)C=CCCCCc1ccccc1. The molecular weight excluding hydrogens is 390 g/mol. The van der Waals surface area contributed by atoms with Crippen LogP contribution in [0.3, 0.4) is 0 Å². The van der Waals surface area contributed by atoms with Crippen LogP contribution in [0, 0.1) is 0 Å². The molecule has 3 N–H and O–H groups in total. The van der Waals surface area contributed by atoms with Gasteiger partial charge in [0.05, 0.1) is 0 Å². The van der Waals surface area contributed by atoms with Gasteiger partial charge in [-0.1, -0.05) is 72.8 Å². The Balaban J connectivity index is 0.000000311. The van der Waals surface area contributed by atoms with Gasteiger partial charge < -0.3 is 5.11 Å². The van der Waals surface area contributed by atoms with Crippen LogP contribution >= 0.6 is 0 Å². The molecule has 166 valence electrons. The van der Waals surface area contributed by atoms with E-state index in [1.807, 2.05) is 36.4 Å². The van der Waals surface area contributed by atoms with Gasteiger partial charge in [-0.3, -0.25) is 10.0 Å². The third kappa shape index (κ3) is 15.3. The van der Waals surface area contributed by atoms with Crippen molar-refractivity contribution in [3.8, 4) is 0 Å². The monoisotopic (exact) mass is 423 g/mol. The molecular formula is C26H33NO4. The zero-order valence-corrected chi connectivity index (χ0v) is 18.0. The Hall–Kier alpha value is -3.18. The van der Waals surface area contributed by atoms with Crippen molar-refractivity contribution in [1.29, 1.82) is 0 Å². The van der Waals surface area contributed by atoms with E-state index in [-0.39, 0.29) is 0 Å². The molecule has 0 aliphatic carbocycles.